The highest BCUT2D eigenvalue weighted by molar-refractivity contribution is 6.36. The molecule has 2 aromatic carbocycles. The van der Waals surface area contributed by atoms with Crippen LogP contribution in [-0.2, 0) is 0 Å². The zero-order valence-corrected chi connectivity index (χ0v) is 12.9. The van der Waals surface area contributed by atoms with E-state index < -0.39 is 0 Å². The third-order valence-corrected chi connectivity index (χ3v) is 3.55. The molecule has 0 aliphatic rings. The van der Waals surface area contributed by atoms with E-state index in [-0.39, 0.29) is 12.4 Å². The van der Waals surface area contributed by atoms with Gasteiger partial charge in [0.15, 0.2) is 6.61 Å². The van der Waals surface area contributed by atoms with Crippen LogP contribution in [0.3, 0.4) is 0 Å². The fourth-order valence-electron chi connectivity index (χ4n) is 1.65. The quantitative estimate of drug-likeness (QED) is 0.719. The number of ether oxygens (including phenoxy) is 1. The normalized spacial score (nSPS) is 10.4. The van der Waals surface area contributed by atoms with Gasteiger partial charge in [0, 0.05) is 10.6 Å². The number of halogens is 3. The second-order valence-electron chi connectivity index (χ2n) is 4.27. The Morgan fingerprint density at radius 3 is 2.50 bits per heavy atom. The molecule has 0 aromatic heterocycles. The molecule has 2 nitrogen and oxygen atoms in total. The zero-order valence-electron chi connectivity index (χ0n) is 10.6. The molecule has 104 valence electrons. The van der Waals surface area contributed by atoms with Crippen molar-refractivity contribution in [2.75, 3.05) is 6.61 Å². The Labute approximate surface area is 132 Å². The van der Waals surface area contributed by atoms with Crippen LogP contribution in [0, 0.1) is 6.92 Å². The molecule has 0 atom stereocenters. The fraction of sp³-hybridized carbons (Fsp3) is 0.133. The standard InChI is InChI=1S/C15H11Cl3O2/c1-9-2-4-13(18)15(6-9)20-8-14(19)11-7-10(16)3-5-12(11)17/h2-7H,8H2,1H3. The molecular weight excluding hydrogens is 319 g/mol. The number of ketones is 1. The summed E-state index contributed by atoms with van der Waals surface area (Å²) in [6.07, 6.45) is 0. The van der Waals surface area contributed by atoms with Crippen molar-refractivity contribution in [2.45, 2.75) is 6.92 Å². The highest BCUT2D eigenvalue weighted by Crippen LogP contribution is 2.26. The molecule has 0 radical (unpaired) electrons. The molecule has 0 spiro atoms. The van der Waals surface area contributed by atoms with Crippen LogP contribution in [0.25, 0.3) is 0 Å². The van der Waals surface area contributed by atoms with E-state index in [4.69, 9.17) is 39.5 Å². The predicted octanol–water partition coefficient (Wildman–Crippen LogP) is 5.22. The first-order valence-corrected chi connectivity index (χ1v) is 6.98. The second kappa shape index (κ2) is 6.49. The summed E-state index contributed by atoms with van der Waals surface area (Å²) in [5.41, 5.74) is 1.33. The number of hydrogen-bond donors (Lipinski definition) is 0. The summed E-state index contributed by atoms with van der Waals surface area (Å²) in [6, 6.07) is 10.1. The van der Waals surface area contributed by atoms with Crippen LogP contribution in [0.4, 0.5) is 0 Å². The van der Waals surface area contributed by atoms with Crippen molar-refractivity contribution >= 4 is 40.6 Å². The van der Waals surface area contributed by atoms with E-state index in [1.165, 1.54) is 6.07 Å². The van der Waals surface area contributed by atoms with Gasteiger partial charge < -0.3 is 4.74 Å². The van der Waals surface area contributed by atoms with E-state index in [0.717, 1.165) is 5.56 Å². The minimum absolute atomic E-state index is 0.150. The molecule has 5 heteroatoms. The highest BCUT2D eigenvalue weighted by atomic mass is 35.5. The van der Waals surface area contributed by atoms with Gasteiger partial charge in [-0.2, -0.15) is 0 Å². The topological polar surface area (TPSA) is 26.3 Å². The lowest BCUT2D eigenvalue weighted by Gasteiger charge is -2.09. The Bertz CT molecular complexity index is 654. The van der Waals surface area contributed by atoms with Crippen LogP contribution >= 0.6 is 34.8 Å². The number of carbonyl (C=O) groups excluding carboxylic acids is 1. The summed E-state index contributed by atoms with van der Waals surface area (Å²) in [5, 5.41) is 1.25. The molecule has 0 aliphatic heterocycles. The van der Waals surface area contributed by atoms with Crippen molar-refractivity contribution in [1.29, 1.82) is 0 Å². The zero-order chi connectivity index (χ0) is 14.7. The Kier molecular flexibility index (Phi) is 4.92. The maximum Gasteiger partial charge on any atom is 0.201 e. The third kappa shape index (κ3) is 3.66. The molecule has 0 saturated heterocycles. The lowest BCUT2D eigenvalue weighted by Crippen LogP contribution is -2.12. The molecule has 2 aromatic rings. The maximum absolute atomic E-state index is 12.1. The highest BCUT2D eigenvalue weighted by Gasteiger charge is 2.13. The average Bonchev–Trinajstić information content (AvgIpc) is 2.42. The molecule has 0 bridgehead atoms. The first-order chi connectivity index (χ1) is 9.47. The van der Waals surface area contributed by atoms with Gasteiger partial charge in [0.05, 0.1) is 10.0 Å². The maximum atomic E-state index is 12.1. The molecule has 0 saturated carbocycles. The number of rotatable bonds is 4. The molecule has 0 amide bonds. The summed E-state index contributed by atoms with van der Waals surface area (Å²) in [4.78, 5) is 12.1. The van der Waals surface area contributed by atoms with E-state index in [2.05, 4.69) is 0 Å². The lowest BCUT2D eigenvalue weighted by atomic mass is 10.1. The van der Waals surface area contributed by atoms with Crippen molar-refractivity contribution in [1.82, 2.24) is 0 Å². The van der Waals surface area contributed by atoms with Crippen LogP contribution in [-0.4, -0.2) is 12.4 Å². The Hall–Kier alpha value is -1.22. The van der Waals surface area contributed by atoms with Crippen LogP contribution in [0.15, 0.2) is 36.4 Å². The molecule has 0 unspecified atom stereocenters. The van der Waals surface area contributed by atoms with Gasteiger partial charge >= 0.3 is 0 Å². The van der Waals surface area contributed by atoms with Crippen molar-refractivity contribution in [3.05, 3.63) is 62.6 Å². The summed E-state index contributed by atoms with van der Waals surface area (Å²) < 4.78 is 5.45. The molecule has 2 rings (SSSR count). The Balaban J connectivity index is 2.12. The minimum Gasteiger partial charge on any atom is -0.484 e. The number of Topliss-reactive ketones (excluding diaryl/α,β-unsaturated/α-hetero) is 1. The second-order valence-corrected chi connectivity index (χ2v) is 5.52. The largest absolute Gasteiger partial charge is 0.484 e. The molecule has 20 heavy (non-hydrogen) atoms. The van der Waals surface area contributed by atoms with Gasteiger partial charge in [0.2, 0.25) is 5.78 Å². The molecule has 0 heterocycles. The smallest absolute Gasteiger partial charge is 0.201 e. The molecule has 0 aliphatic carbocycles. The van der Waals surface area contributed by atoms with Gasteiger partial charge in [0.1, 0.15) is 5.75 Å². The minimum atomic E-state index is -0.255. The summed E-state index contributed by atoms with van der Waals surface area (Å²) in [5.74, 6) is 0.216. The molecule has 0 fully saturated rings. The van der Waals surface area contributed by atoms with Crippen molar-refractivity contribution in [2.24, 2.45) is 0 Å². The van der Waals surface area contributed by atoms with E-state index in [1.54, 1.807) is 24.3 Å². The third-order valence-electron chi connectivity index (χ3n) is 2.67. The van der Waals surface area contributed by atoms with E-state index >= 15 is 0 Å². The number of benzene rings is 2. The summed E-state index contributed by atoms with van der Waals surface area (Å²) >= 11 is 17.8. The first kappa shape index (κ1) is 15.2. The summed E-state index contributed by atoms with van der Waals surface area (Å²) in [6.45, 7) is 1.77. The van der Waals surface area contributed by atoms with Gasteiger partial charge in [-0.15, -0.1) is 0 Å². The number of hydrogen-bond acceptors (Lipinski definition) is 2. The van der Waals surface area contributed by atoms with Gasteiger partial charge in [-0.3, -0.25) is 4.79 Å². The van der Waals surface area contributed by atoms with E-state index in [9.17, 15) is 4.79 Å². The van der Waals surface area contributed by atoms with Crippen LogP contribution in [0.1, 0.15) is 15.9 Å². The van der Waals surface area contributed by atoms with Crippen LogP contribution in [0.5, 0.6) is 5.75 Å². The molecule has 0 N–H and O–H groups in total. The fourth-order valence-corrected chi connectivity index (χ4v) is 2.22. The average molecular weight is 330 g/mol. The van der Waals surface area contributed by atoms with Gasteiger partial charge in [-0.05, 0) is 42.8 Å². The van der Waals surface area contributed by atoms with E-state index in [0.29, 0.717) is 26.4 Å². The Morgan fingerprint density at radius 2 is 1.75 bits per heavy atom. The van der Waals surface area contributed by atoms with Crippen LogP contribution < -0.4 is 4.74 Å². The Morgan fingerprint density at radius 1 is 1.05 bits per heavy atom. The first-order valence-electron chi connectivity index (χ1n) is 5.84. The SMILES string of the molecule is Cc1ccc(Cl)c(OCC(=O)c2cc(Cl)ccc2Cl)c1. The van der Waals surface area contributed by atoms with Gasteiger partial charge in [-0.25, -0.2) is 0 Å². The van der Waals surface area contributed by atoms with Crippen molar-refractivity contribution in [3.63, 3.8) is 0 Å². The lowest BCUT2D eigenvalue weighted by molar-refractivity contribution is 0.0921. The number of aryl methyl sites for hydroxylation is 1. The van der Waals surface area contributed by atoms with Crippen molar-refractivity contribution < 1.29 is 9.53 Å². The summed E-state index contributed by atoms with van der Waals surface area (Å²) in [7, 11) is 0. The van der Waals surface area contributed by atoms with Gasteiger partial charge in [-0.1, -0.05) is 40.9 Å². The molecular formula is C15H11Cl3O2. The van der Waals surface area contributed by atoms with Crippen molar-refractivity contribution in [3.8, 4) is 5.75 Å². The van der Waals surface area contributed by atoms with E-state index in [1.807, 2.05) is 13.0 Å². The predicted molar refractivity (Wildman–Crippen MR) is 82.5 cm³/mol. The van der Waals surface area contributed by atoms with Crippen LogP contribution in [0.2, 0.25) is 15.1 Å². The number of carbonyl (C=O) groups is 1. The van der Waals surface area contributed by atoms with Gasteiger partial charge in [0.25, 0.3) is 0 Å². The monoisotopic (exact) mass is 328 g/mol.